The molecule has 0 aliphatic carbocycles. The minimum atomic E-state index is -0.261. The van der Waals surface area contributed by atoms with Crippen LogP contribution in [-0.2, 0) is 0 Å². The van der Waals surface area contributed by atoms with E-state index in [1.54, 1.807) is 19.1 Å². The first-order chi connectivity index (χ1) is 8.49. The Balaban J connectivity index is 2.76. The van der Waals surface area contributed by atoms with Gasteiger partial charge in [-0.25, -0.2) is 4.39 Å². The van der Waals surface area contributed by atoms with Crippen LogP contribution >= 0.6 is 0 Å². The number of ketones is 1. The van der Waals surface area contributed by atoms with E-state index in [1.165, 1.54) is 6.07 Å². The van der Waals surface area contributed by atoms with Crippen LogP contribution in [0.3, 0.4) is 0 Å². The van der Waals surface area contributed by atoms with Crippen molar-refractivity contribution in [2.24, 2.45) is 5.92 Å². The minimum Gasteiger partial charge on any atom is -0.303 e. The van der Waals surface area contributed by atoms with Crippen molar-refractivity contribution in [2.75, 3.05) is 19.6 Å². The number of nitrogens with zero attached hydrogens (tertiary/aromatic N) is 1. The third kappa shape index (κ3) is 3.64. The molecule has 0 spiro atoms. The number of carbonyl (C=O) groups is 1. The Morgan fingerprint density at radius 2 is 1.94 bits per heavy atom. The molecule has 0 fully saturated rings. The summed E-state index contributed by atoms with van der Waals surface area (Å²) in [6.07, 6.45) is 0. The molecule has 1 aromatic rings. The topological polar surface area (TPSA) is 20.3 Å². The van der Waals surface area contributed by atoms with Crippen molar-refractivity contribution in [3.05, 3.63) is 35.1 Å². The average molecular weight is 251 g/mol. The van der Waals surface area contributed by atoms with E-state index in [1.807, 2.05) is 6.92 Å². The van der Waals surface area contributed by atoms with Gasteiger partial charge >= 0.3 is 0 Å². The van der Waals surface area contributed by atoms with Crippen molar-refractivity contribution < 1.29 is 9.18 Å². The molecule has 1 aromatic carbocycles. The zero-order chi connectivity index (χ0) is 13.7. The molecule has 1 rings (SSSR count). The molecule has 0 aliphatic heterocycles. The van der Waals surface area contributed by atoms with E-state index in [9.17, 15) is 9.18 Å². The van der Waals surface area contributed by atoms with Crippen LogP contribution in [0.2, 0.25) is 0 Å². The molecule has 0 aliphatic rings. The summed E-state index contributed by atoms with van der Waals surface area (Å²) in [6.45, 7) is 10.4. The molecule has 18 heavy (non-hydrogen) atoms. The summed E-state index contributed by atoms with van der Waals surface area (Å²) in [5, 5.41) is 0. The largest absolute Gasteiger partial charge is 0.303 e. The highest BCUT2D eigenvalue weighted by molar-refractivity contribution is 5.97. The van der Waals surface area contributed by atoms with Crippen LogP contribution in [0.1, 0.15) is 36.7 Å². The fourth-order valence-corrected chi connectivity index (χ4v) is 2.03. The first-order valence-electron chi connectivity index (χ1n) is 6.52. The Labute approximate surface area is 109 Å². The number of Topliss-reactive ketones (excluding diaryl/α,β-unsaturated/α-hetero) is 1. The van der Waals surface area contributed by atoms with Crippen LogP contribution in [0.25, 0.3) is 0 Å². The van der Waals surface area contributed by atoms with E-state index in [2.05, 4.69) is 18.7 Å². The van der Waals surface area contributed by atoms with Crippen LogP contribution in [0.4, 0.5) is 4.39 Å². The molecule has 0 radical (unpaired) electrons. The van der Waals surface area contributed by atoms with E-state index in [0.717, 1.165) is 19.6 Å². The molecule has 0 heterocycles. The van der Waals surface area contributed by atoms with Crippen molar-refractivity contribution in [1.29, 1.82) is 0 Å². The molecule has 100 valence electrons. The predicted octanol–water partition coefficient (Wildman–Crippen LogP) is 3.29. The summed E-state index contributed by atoms with van der Waals surface area (Å²) < 4.78 is 13.2. The second kappa shape index (κ2) is 6.64. The highest BCUT2D eigenvalue weighted by atomic mass is 19.1. The fraction of sp³-hybridized carbons (Fsp3) is 0.533. The van der Waals surface area contributed by atoms with Crippen LogP contribution < -0.4 is 0 Å². The van der Waals surface area contributed by atoms with Gasteiger partial charge in [-0.15, -0.1) is 0 Å². The lowest BCUT2D eigenvalue weighted by atomic mass is 9.97. The molecule has 0 saturated heterocycles. The molecule has 0 N–H and O–H groups in total. The van der Waals surface area contributed by atoms with Gasteiger partial charge in [0, 0.05) is 18.0 Å². The smallest absolute Gasteiger partial charge is 0.166 e. The van der Waals surface area contributed by atoms with Crippen LogP contribution in [0, 0.1) is 18.7 Å². The van der Waals surface area contributed by atoms with E-state index in [-0.39, 0.29) is 17.5 Å². The molecule has 3 heteroatoms. The number of halogens is 1. The second-order valence-electron chi connectivity index (χ2n) is 4.72. The summed E-state index contributed by atoms with van der Waals surface area (Å²) in [7, 11) is 0. The Morgan fingerprint density at radius 3 is 2.44 bits per heavy atom. The van der Waals surface area contributed by atoms with Crippen molar-refractivity contribution >= 4 is 5.78 Å². The SMILES string of the molecule is CCN(CC)CC(C)C(=O)c1ccc(F)c(C)c1. The number of hydrogen-bond donors (Lipinski definition) is 0. The molecule has 2 nitrogen and oxygen atoms in total. The number of aryl methyl sites for hydroxylation is 1. The Kier molecular flexibility index (Phi) is 5.48. The molecular weight excluding hydrogens is 229 g/mol. The lowest BCUT2D eigenvalue weighted by Gasteiger charge is -2.22. The number of rotatable bonds is 6. The lowest BCUT2D eigenvalue weighted by molar-refractivity contribution is 0.0898. The highest BCUT2D eigenvalue weighted by Gasteiger charge is 2.18. The first-order valence-corrected chi connectivity index (χ1v) is 6.52. The molecule has 0 bridgehead atoms. The summed E-state index contributed by atoms with van der Waals surface area (Å²) >= 11 is 0. The zero-order valence-electron chi connectivity index (χ0n) is 11.7. The monoisotopic (exact) mass is 251 g/mol. The highest BCUT2D eigenvalue weighted by Crippen LogP contribution is 2.14. The maximum Gasteiger partial charge on any atom is 0.166 e. The molecule has 1 unspecified atom stereocenters. The Hall–Kier alpha value is -1.22. The van der Waals surface area contributed by atoms with E-state index in [4.69, 9.17) is 0 Å². The maximum absolute atomic E-state index is 13.2. The van der Waals surface area contributed by atoms with Gasteiger partial charge in [0.2, 0.25) is 0 Å². The quantitative estimate of drug-likeness (QED) is 0.723. The minimum absolute atomic E-state index is 0.0604. The molecule has 0 aromatic heterocycles. The maximum atomic E-state index is 13.2. The van der Waals surface area contributed by atoms with Gasteiger partial charge in [-0.2, -0.15) is 0 Å². The third-order valence-corrected chi connectivity index (χ3v) is 3.32. The first kappa shape index (κ1) is 14.8. The lowest BCUT2D eigenvalue weighted by Crippen LogP contribution is -2.31. The average Bonchev–Trinajstić information content (AvgIpc) is 2.38. The van der Waals surface area contributed by atoms with Gasteiger partial charge in [-0.3, -0.25) is 4.79 Å². The van der Waals surface area contributed by atoms with E-state index < -0.39 is 0 Å². The van der Waals surface area contributed by atoms with Crippen LogP contribution in [0.5, 0.6) is 0 Å². The fourth-order valence-electron chi connectivity index (χ4n) is 2.03. The Bertz CT molecular complexity index is 413. The van der Waals surface area contributed by atoms with Crippen molar-refractivity contribution in [2.45, 2.75) is 27.7 Å². The van der Waals surface area contributed by atoms with E-state index >= 15 is 0 Å². The van der Waals surface area contributed by atoms with Crippen molar-refractivity contribution in [3.8, 4) is 0 Å². The van der Waals surface area contributed by atoms with Gasteiger partial charge in [0.15, 0.2) is 5.78 Å². The number of benzene rings is 1. The third-order valence-electron chi connectivity index (χ3n) is 3.32. The second-order valence-corrected chi connectivity index (χ2v) is 4.72. The number of hydrogen-bond acceptors (Lipinski definition) is 2. The molecule has 0 saturated carbocycles. The summed E-state index contributed by atoms with van der Waals surface area (Å²) in [6, 6.07) is 4.58. The standard InChI is InChI=1S/C15H22FNO/c1-5-17(6-2)10-12(4)15(18)13-7-8-14(16)11(3)9-13/h7-9,12H,5-6,10H2,1-4H3. The van der Waals surface area contributed by atoms with Gasteiger partial charge in [-0.1, -0.05) is 20.8 Å². The van der Waals surface area contributed by atoms with Gasteiger partial charge in [0.1, 0.15) is 5.82 Å². The van der Waals surface area contributed by atoms with Crippen molar-refractivity contribution in [3.63, 3.8) is 0 Å². The zero-order valence-corrected chi connectivity index (χ0v) is 11.7. The normalized spacial score (nSPS) is 12.8. The van der Waals surface area contributed by atoms with E-state index in [0.29, 0.717) is 11.1 Å². The van der Waals surface area contributed by atoms with Gasteiger partial charge in [0.05, 0.1) is 0 Å². The molecule has 1 atom stereocenters. The van der Waals surface area contributed by atoms with Crippen LogP contribution in [0.15, 0.2) is 18.2 Å². The van der Waals surface area contributed by atoms with Crippen LogP contribution in [-0.4, -0.2) is 30.3 Å². The summed E-state index contributed by atoms with van der Waals surface area (Å²) in [5.41, 5.74) is 1.13. The summed E-state index contributed by atoms with van der Waals surface area (Å²) in [4.78, 5) is 14.4. The van der Waals surface area contributed by atoms with Crippen molar-refractivity contribution in [1.82, 2.24) is 4.90 Å². The summed E-state index contributed by atoms with van der Waals surface area (Å²) in [5.74, 6) is -0.234. The molecular formula is C15H22FNO. The van der Waals surface area contributed by atoms with Gasteiger partial charge in [-0.05, 0) is 43.8 Å². The number of carbonyl (C=O) groups excluding carboxylic acids is 1. The van der Waals surface area contributed by atoms with Gasteiger partial charge in [0.25, 0.3) is 0 Å². The molecule has 0 amide bonds. The predicted molar refractivity (Wildman–Crippen MR) is 72.4 cm³/mol. The Morgan fingerprint density at radius 1 is 1.33 bits per heavy atom. The van der Waals surface area contributed by atoms with Gasteiger partial charge < -0.3 is 4.90 Å².